The molecule has 2 bridgehead atoms. The number of ether oxygens (including phenoxy) is 1. The largest absolute Gasteiger partial charge is 0.472 e. The molecule has 3 aromatic rings. The number of aromatic nitrogens is 3. The summed E-state index contributed by atoms with van der Waals surface area (Å²) in [6.45, 7) is 3.47. The Labute approximate surface area is 147 Å². The zero-order valence-corrected chi connectivity index (χ0v) is 14.4. The lowest BCUT2D eigenvalue weighted by Crippen LogP contribution is -2.52. The molecular weight excluding hydrogens is 312 g/mol. The number of aryl methyl sites for hydroxylation is 1. The minimum atomic E-state index is 0.267. The molecule has 5 heteroatoms. The smallest absolute Gasteiger partial charge is 0.233 e. The van der Waals surface area contributed by atoms with Gasteiger partial charge >= 0.3 is 0 Å². The van der Waals surface area contributed by atoms with E-state index in [1.807, 2.05) is 12.1 Å². The molecule has 128 valence electrons. The van der Waals surface area contributed by atoms with E-state index in [0.717, 1.165) is 17.8 Å². The van der Waals surface area contributed by atoms with Gasteiger partial charge in [-0.2, -0.15) is 0 Å². The Morgan fingerprint density at radius 3 is 2.64 bits per heavy atom. The van der Waals surface area contributed by atoms with Crippen LogP contribution in [-0.2, 0) is 7.05 Å². The van der Waals surface area contributed by atoms with Gasteiger partial charge in [-0.25, -0.2) is 0 Å². The van der Waals surface area contributed by atoms with Gasteiger partial charge in [0.1, 0.15) is 6.10 Å². The third kappa shape index (κ3) is 2.68. The first-order chi connectivity index (χ1) is 12.3. The monoisotopic (exact) mass is 334 g/mol. The number of benzene rings is 1. The maximum absolute atomic E-state index is 6.14. The summed E-state index contributed by atoms with van der Waals surface area (Å²) in [5, 5.41) is 9.93. The first kappa shape index (κ1) is 14.9. The van der Waals surface area contributed by atoms with E-state index in [4.69, 9.17) is 4.74 Å². The van der Waals surface area contributed by atoms with Crippen LogP contribution in [-0.4, -0.2) is 45.4 Å². The molecule has 3 saturated heterocycles. The third-order valence-corrected chi connectivity index (χ3v) is 5.69. The van der Waals surface area contributed by atoms with Gasteiger partial charge in [0.25, 0.3) is 0 Å². The highest BCUT2D eigenvalue weighted by Crippen LogP contribution is 2.30. The lowest BCUT2D eigenvalue weighted by Gasteiger charge is -2.44. The summed E-state index contributed by atoms with van der Waals surface area (Å²) in [7, 11) is 2.06. The molecular formula is C20H22N4O. The lowest BCUT2D eigenvalue weighted by molar-refractivity contribution is -0.0103. The summed E-state index contributed by atoms with van der Waals surface area (Å²) < 4.78 is 8.26. The maximum Gasteiger partial charge on any atom is 0.233 e. The van der Waals surface area contributed by atoms with Crippen molar-refractivity contribution in [3.8, 4) is 17.1 Å². The molecule has 3 aliphatic rings. The Morgan fingerprint density at radius 2 is 1.92 bits per heavy atom. The summed E-state index contributed by atoms with van der Waals surface area (Å²) in [4.78, 5) is 2.49. The molecule has 5 heterocycles. The predicted molar refractivity (Wildman–Crippen MR) is 97.5 cm³/mol. The van der Waals surface area contributed by atoms with Crippen LogP contribution in [0.2, 0.25) is 0 Å². The second-order valence-electron chi connectivity index (χ2n) is 7.25. The van der Waals surface area contributed by atoms with E-state index in [2.05, 4.69) is 57.2 Å². The second-order valence-corrected chi connectivity index (χ2v) is 7.25. The fraction of sp³-hybridized carbons (Fsp3) is 0.400. The Balaban J connectivity index is 1.35. The van der Waals surface area contributed by atoms with Gasteiger partial charge in [0.2, 0.25) is 5.88 Å². The normalized spacial score (nSPS) is 25.4. The molecule has 6 rings (SSSR count). The van der Waals surface area contributed by atoms with Gasteiger partial charge in [0, 0.05) is 42.3 Å². The van der Waals surface area contributed by atoms with Crippen molar-refractivity contribution in [2.45, 2.75) is 18.9 Å². The molecule has 0 unspecified atom stereocenters. The molecule has 0 amide bonds. The zero-order valence-electron chi connectivity index (χ0n) is 14.4. The van der Waals surface area contributed by atoms with Crippen LogP contribution in [0.3, 0.4) is 0 Å². The van der Waals surface area contributed by atoms with Gasteiger partial charge in [0.15, 0.2) is 0 Å². The molecule has 25 heavy (non-hydrogen) atoms. The Morgan fingerprint density at radius 1 is 1.04 bits per heavy atom. The highest BCUT2D eigenvalue weighted by atomic mass is 16.5. The van der Waals surface area contributed by atoms with Crippen LogP contribution in [0.25, 0.3) is 22.2 Å². The summed E-state index contributed by atoms with van der Waals surface area (Å²) in [5.41, 5.74) is 3.19. The fourth-order valence-electron chi connectivity index (χ4n) is 4.18. The van der Waals surface area contributed by atoms with E-state index in [1.54, 1.807) is 0 Å². The number of piperidine rings is 3. The van der Waals surface area contributed by atoms with Crippen molar-refractivity contribution in [3.05, 3.63) is 42.6 Å². The average molecular weight is 334 g/mol. The fourth-order valence-corrected chi connectivity index (χ4v) is 4.18. The molecule has 0 radical (unpaired) electrons. The van der Waals surface area contributed by atoms with Crippen molar-refractivity contribution in [2.24, 2.45) is 13.0 Å². The van der Waals surface area contributed by atoms with Crippen molar-refractivity contribution < 1.29 is 4.74 Å². The predicted octanol–water partition coefficient (Wildman–Crippen LogP) is 3.11. The van der Waals surface area contributed by atoms with Crippen molar-refractivity contribution in [1.82, 2.24) is 19.7 Å². The molecule has 1 aromatic carbocycles. The van der Waals surface area contributed by atoms with Crippen LogP contribution in [0.1, 0.15) is 12.8 Å². The molecule has 0 saturated carbocycles. The molecule has 2 aromatic heterocycles. The first-order valence-corrected chi connectivity index (χ1v) is 9.04. The van der Waals surface area contributed by atoms with Crippen molar-refractivity contribution in [3.63, 3.8) is 0 Å². The quantitative estimate of drug-likeness (QED) is 0.738. The van der Waals surface area contributed by atoms with E-state index in [9.17, 15) is 0 Å². The standard InChI is InChI=1S/C20H22N4O/c1-23-9-6-16-12-15(2-4-18(16)23)17-3-5-20(22-21-17)25-19-13-24-10-7-14(19)8-11-24/h2-6,9,12,14,19H,7-8,10-11,13H2,1H3/t19-/m0/s1. The minimum absolute atomic E-state index is 0.267. The van der Waals surface area contributed by atoms with Gasteiger partial charge in [-0.1, -0.05) is 6.07 Å². The highest BCUT2D eigenvalue weighted by Gasteiger charge is 2.35. The molecule has 0 aliphatic carbocycles. The Kier molecular flexibility index (Phi) is 3.48. The molecule has 1 atom stereocenters. The SMILES string of the molecule is Cn1ccc2cc(-c3ccc(O[C@H]4CN5CCC4CC5)nn3)ccc21. The lowest BCUT2D eigenvalue weighted by atomic mass is 9.86. The minimum Gasteiger partial charge on any atom is -0.472 e. The Hall–Kier alpha value is -2.40. The van der Waals surface area contributed by atoms with E-state index < -0.39 is 0 Å². The van der Waals surface area contributed by atoms with Crippen molar-refractivity contribution >= 4 is 10.9 Å². The van der Waals surface area contributed by atoms with Crippen LogP contribution < -0.4 is 4.74 Å². The highest BCUT2D eigenvalue weighted by molar-refractivity contribution is 5.84. The average Bonchev–Trinajstić information content (AvgIpc) is 3.04. The first-order valence-electron chi connectivity index (χ1n) is 9.04. The summed E-state index contributed by atoms with van der Waals surface area (Å²) in [6, 6.07) is 12.5. The second kappa shape index (κ2) is 5.85. The van der Waals surface area contributed by atoms with Gasteiger partial charge in [-0.05, 0) is 56.1 Å². The van der Waals surface area contributed by atoms with Gasteiger partial charge in [-0.3, -0.25) is 4.90 Å². The van der Waals surface area contributed by atoms with E-state index in [-0.39, 0.29) is 6.10 Å². The van der Waals surface area contributed by atoms with Crippen molar-refractivity contribution in [1.29, 1.82) is 0 Å². The van der Waals surface area contributed by atoms with Crippen LogP contribution in [0.5, 0.6) is 5.88 Å². The molecule has 3 aliphatic heterocycles. The maximum atomic E-state index is 6.14. The molecule has 0 spiro atoms. The molecule has 0 N–H and O–H groups in total. The number of hydrogen-bond donors (Lipinski definition) is 0. The molecule has 5 nitrogen and oxygen atoms in total. The van der Waals surface area contributed by atoms with E-state index in [1.165, 1.54) is 36.8 Å². The third-order valence-electron chi connectivity index (χ3n) is 5.69. The van der Waals surface area contributed by atoms with Crippen LogP contribution in [0.4, 0.5) is 0 Å². The van der Waals surface area contributed by atoms with Gasteiger partial charge < -0.3 is 9.30 Å². The number of hydrogen-bond acceptors (Lipinski definition) is 4. The topological polar surface area (TPSA) is 43.2 Å². The van der Waals surface area contributed by atoms with Crippen LogP contribution in [0.15, 0.2) is 42.6 Å². The van der Waals surface area contributed by atoms with E-state index in [0.29, 0.717) is 11.8 Å². The summed E-state index contributed by atoms with van der Waals surface area (Å²) >= 11 is 0. The summed E-state index contributed by atoms with van der Waals surface area (Å²) in [6.07, 6.45) is 4.83. The Bertz CT molecular complexity index is 894. The van der Waals surface area contributed by atoms with Crippen LogP contribution >= 0.6 is 0 Å². The van der Waals surface area contributed by atoms with Gasteiger partial charge in [0.05, 0.1) is 5.69 Å². The number of rotatable bonds is 3. The van der Waals surface area contributed by atoms with Crippen LogP contribution in [0, 0.1) is 5.92 Å². The number of fused-ring (bicyclic) bond motifs is 4. The van der Waals surface area contributed by atoms with Crippen molar-refractivity contribution in [2.75, 3.05) is 19.6 Å². The van der Waals surface area contributed by atoms with Gasteiger partial charge in [-0.15, -0.1) is 10.2 Å². The van der Waals surface area contributed by atoms with E-state index >= 15 is 0 Å². The number of nitrogens with zero attached hydrogens (tertiary/aromatic N) is 4. The molecule has 3 fully saturated rings. The zero-order chi connectivity index (χ0) is 16.8. The summed E-state index contributed by atoms with van der Waals surface area (Å²) in [5.74, 6) is 1.32.